The van der Waals surface area contributed by atoms with Crippen LogP contribution in [0.4, 0.5) is 10.1 Å². The van der Waals surface area contributed by atoms with Crippen LogP contribution < -0.4 is 10.2 Å². The minimum absolute atomic E-state index is 0.0293. The summed E-state index contributed by atoms with van der Waals surface area (Å²) in [7, 11) is 1.55. The predicted molar refractivity (Wildman–Crippen MR) is 93.1 cm³/mol. The fraction of sp³-hybridized carbons (Fsp3) is 0.556. The molecule has 0 spiro atoms. The number of carbonyl (C=O) groups is 2. The summed E-state index contributed by atoms with van der Waals surface area (Å²) in [5.41, 5.74) is -0.294. The molecule has 1 saturated carbocycles. The van der Waals surface area contributed by atoms with Crippen LogP contribution in [0.5, 0.6) is 0 Å². The molecule has 1 aromatic carbocycles. The first-order chi connectivity index (χ1) is 12.0. The molecule has 25 heavy (non-hydrogen) atoms. The maximum absolute atomic E-state index is 13.3. The molecule has 136 valence electrons. The monoisotopic (exact) mass is 368 g/mol. The highest BCUT2D eigenvalue weighted by molar-refractivity contribution is 6.31. The van der Waals surface area contributed by atoms with Crippen LogP contribution >= 0.6 is 11.6 Å². The Bertz CT molecular complexity index is 676. The van der Waals surface area contributed by atoms with E-state index < -0.39 is 17.5 Å². The maximum atomic E-state index is 13.3. The summed E-state index contributed by atoms with van der Waals surface area (Å²) in [6.07, 6.45) is 4.83. The van der Waals surface area contributed by atoms with Crippen LogP contribution in [0.15, 0.2) is 18.2 Å². The van der Waals surface area contributed by atoms with Crippen LogP contribution in [0.1, 0.15) is 38.5 Å². The summed E-state index contributed by atoms with van der Waals surface area (Å²) in [6, 6.07) is 3.58. The predicted octanol–water partition coefficient (Wildman–Crippen LogP) is 3.05. The Morgan fingerprint density at radius 1 is 1.36 bits per heavy atom. The molecule has 2 fully saturated rings. The first kappa shape index (κ1) is 18.1. The highest BCUT2D eigenvalue weighted by Gasteiger charge is 2.43. The van der Waals surface area contributed by atoms with Gasteiger partial charge in [-0.15, -0.1) is 0 Å². The number of ether oxygens (including phenoxy) is 1. The molecule has 1 saturated heterocycles. The van der Waals surface area contributed by atoms with Crippen LogP contribution in [-0.4, -0.2) is 37.1 Å². The van der Waals surface area contributed by atoms with Crippen LogP contribution in [-0.2, 0) is 14.3 Å². The lowest BCUT2D eigenvalue weighted by atomic mass is 9.83. The van der Waals surface area contributed by atoms with Crippen molar-refractivity contribution in [1.82, 2.24) is 5.32 Å². The molecule has 3 rings (SSSR count). The number of carbonyl (C=O) groups excluding carboxylic acids is 2. The van der Waals surface area contributed by atoms with Gasteiger partial charge in [0.1, 0.15) is 17.5 Å². The third-order valence-corrected chi connectivity index (χ3v) is 5.48. The van der Waals surface area contributed by atoms with Crippen molar-refractivity contribution in [2.45, 2.75) is 50.2 Å². The number of methoxy groups -OCH3 is 1. The average molecular weight is 369 g/mol. The molecule has 5 nitrogen and oxygen atoms in total. The number of rotatable bonds is 4. The zero-order chi connectivity index (χ0) is 18.0. The van der Waals surface area contributed by atoms with Crippen LogP contribution in [0, 0.1) is 5.82 Å². The van der Waals surface area contributed by atoms with Crippen molar-refractivity contribution in [3.63, 3.8) is 0 Å². The molecule has 1 aliphatic carbocycles. The van der Waals surface area contributed by atoms with Crippen molar-refractivity contribution in [2.24, 2.45) is 0 Å². The molecular formula is C18H22ClFN2O3. The molecule has 1 aliphatic heterocycles. The lowest BCUT2D eigenvalue weighted by Crippen LogP contribution is -2.54. The average Bonchev–Trinajstić information content (AvgIpc) is 2.98. The second-order valence-electron chi connectivity index (χ2n) is 6.66. The number of hydrogen-bond acceptors (Lipinski definition) is 3. The summed E-state index contributed by atoms with van der Waals surface area (Å²) in [5.74, 6) is -0.952. The zero-order valence-electron chi connectivity index (χ0n) is 14.2. The Morgan fingerprint density at radius 3 is 2.72 bits per heavy atom. The molecule has 1 atom stereocenters. The highest BCUT2D eigenvalue weighted by atomic mass is 35.5. The Kier molecular flexibility index (Phi) is 5.29. The number of hydrogen-bond donors (Lipinski definition) is 1. The second-order valence-corrected chi connectivity index (χ2v) is 7.07. The number of amides is 2. The van der Waals surface area contributed by atoms with Gasteiger partial charge in [0.25, 0.3) is 5.91 Å². The molecule has 0 aromatic heterocycles. The van der Waals surface area contributed by atoms with Gasteiger partial charge in [0.05, 0.1) is 5.02 Å². The number of anilines is 1. The van der Waals surface area contributed by atoms with Crippen molar-refractivity contribution in [2.75, 3.05) is 18.6 Å². The zero-order valence-corrected chi connectivity index (χ0v) is 14.9. The summed E-state index contributed by atoms with van der Waals surface area (Å²) in [6.45, 7) is 0.450. The fourth-order valence-electron chi connectivity index (χ4n) is 3.66. The summed E-state index contributed by atoms with van der Waals surface area (Å²) in [4.78, 5) is 26.9. The van der Waals surface area contributed by atoms with E-state index in [2.05, 4.69) is 5.32 Å². The highest BCUT2D eigenvalue weighted by Crippen LogP contribution is 2.32. The van der Waals surface area contributed by atoms with Crippen LogP contribution in [0.25, 0.3) is 0 Å². The minimum Gasteiger partial charge on any atom is -0.368 e. The van der Waals surface area contributed by atoms with Gasteiger partial charge in [-0.1, -0.05) is 30.9 Å². The molecule has 1 heterocycles. The first-order valence-electron chi connectivity index (χ1n) is 8.59. The first-order valence-corrected chi connectivity index (χ1v) is 8.97. The van der Waals surface area contributed by atoms with E-state index in [1.54, 1.807) is 7.11 Å². The maximum Gasteiger partial charge on any atom is 0.252 e. The third kappa shape index (κ3) is 3.51. The van der Waals surface area contributed by atoms with Crippen molar-refractivity contribution >= 4 is 29.1 Å². The van der Waals surface area contributed by atoms with E-state index in [0.29, 0.717) is 31.5 Å². The molecule has 2 amide bonds. The molecule has 0 radical (unpaired) electrons. The normalized spacial score (nSPS) is 22.9. The van der Waals surface area contributed by atoms with E-state index in [4.69, 9.17) is 16.3 Å². The van der Waals surface area contributed by atoms with Crippen molar-refractivity contribution in [1.29, 1.82) is 0 Å². The summed E-state index contributed by atoms with van der Waals surface area (Å²) in [5, 5.41) is 2.82. The smallest absolute Gasteiger partial charge is 0.252 e. The van der Waals surface area contributed by atoms with E-state index in [1.807, 2.05) is 0 Å². The fourth-order valence-corrected chi connectivity index (χ4v) is 3.83. The lowest BCUT2D eigenvalue weighted by Gasteiger charge is -2.35. The molecule has 0 unspecified atom stereocenters. The van der Waals surface area contributed by atoms with Gasteiger partial charge in [-0.05, 0) is 37.5 Å². The van der Waals surface area contributed by atoms with Gasteiger partial charge in [0, 0.05) is 19.3 Å². The van der Waals surface area contributed by atoms with E-state index in [0.717, 1.165) is 19.3 Å². The molecule has 0 bridgehead atoms. The van der Waals surface area contributed by atoms with Gasteiger partial charge in [-0.3, -0.25) is 9.59 Å². The summed E-state index contributed by atoms with van der Waals surface area (Å²) >= 11 is 5.80. The summed E-state index contributed by atoms with van der Waals surface area (Å²) < 4.78 is 18.8. The third-order valence-electron chi connectivity index (χ3n) is 5.19. The number of nitrogens with one attached hydrogen (secondary N) is 1. The molecule has 1 aromatic rings. The topological polar surface area (TPSA) is 58.6 Å². The number of halogens is 2. The largest absolute Gasteiger partial charge is 0.368 e. The van der Waals surface area contributed by atoms with Crippen LogP contribution in [0.2, 0.25) is 5.02 Å². The molecule has 7 heteroatoms. The van der Waals surface area contributed by atoms with E-state index in [9.17, 15) is 14.0 Å². The lowest BCUT2D eigenvalue weighted by molar-refractivity contribution is -0.149. The van der Waals surface area contributed by atoms with E-state index in [1.165, 1.54) is 23.1 Å². The minimum atomic E-state index is -0.828. The Labute approximate surface area is 151 Å². The second kappa shape index (κ2) is 7.30. The number of benzene rings is 1. The Balaban J connectivity index is 1.69. The number of nitrogens with zero attached hydrogens (tertiary/aromatic N) is 1. The van der Waals surface area contributed by atoms with Gasteiger partial charge in [-0.2, -0.15) is 0 Å². The molecule has 2 aliphatic rings. The Morgan fingerprint density at radius 2 is 2.08 bits per heavy atom. The van der Waals surface area contributed by atoms with Gasteiger partial charge in [-0.25, -0.2) is 4.39 Å². The molecular weight excluding hydrogens is 347 g/mol. The van der Waals surface area contributed by atoms with Gasteiger partial charge < -0.3 is 15.0 Å². The van der Waals surface area contributed by atoms with Crippen LogP contribution in [0.3, 0.4) is 0 Å². The van der Waals surface area contributed by atoms with Crippen molar-refractivity contribution < 1.29 is 18.7 Å². The standard InChI is InChI=1S/C18H22ClFN2O3/c1-25-18(8-3-2-4-9-18)17(24)21-15-7-10-22(16(15)23)12-5-6-14(20)13(19)11-12/h5-6,11,15H,2-4,7-10H2,1H3,(H,21,24)/t15-/m1/s1. The van der Waals surface area contributed by atoms with Gasteiger partial charge in [0.2, 0.25) is 5.91 Å². The van der Waals surface area contributed by atoms with Gasteiger partial charge in [0.15, 0.2) is 0 Å². The SMILES string of the molecule is COC1(C(=O)N[C@@H]2CCN(c3ccc(F)c(Cl)c3)C2=O)CCCCC1. The van der Waals surface area contributed by atoms with Crippen molar-refractivity contribution in [3.8, 4) is 0 Å². The van der Waals surface area contributed by atoms with Gasteiger partial charge >= 0.3 is 0 Å². The van der Waals surface area contributed by atoms with Crippen molar-refractivity contribution in [3.05, 3.63) is 29.0 Å². The quantitative estimate of drug-likeness (QED) is 0.888. The Hall–Kier alpha value is -1.66. The van der Waals surface area contributed by atoms with E-state index in [-0.39, 0.29) is 16.8 Å². The molecule has 1 N–H and O–H groups in total. The van der Waals surface area contributed by atoms with E-state index >= 15 is 0 Å².